The Morgan fingerprint density at radius 2 is 1.75 bits per heavy atom. The lowest BCUT2D eigenvalue weighted by Gasteiger charge is -2.27. The smallest absolute Gasteiger partial charge is 0.259 e. The summed E-state index contributed by atoms with van der Waals surface area (Å²) in [4.78, 5) is 15.7. The maximum absolute atomic E-state index is 13.2. The third kappa shape index (κ3) is 5.03. The van der Waals surface area contributed by atoms with Gasteiger partial charge in [0.1, 0.15) is 0 Å². The van der Waals surface area contributed by atoms with E-state index in [-0.39, 0.29) is 5.91 Å². The summed E-state index contributed by atoms with van der Waals surface area (Å²) in [5.74, 6) is 2.25. The molecule has 1 saturated heterocycles. The highest BCUT2D eigenvalue weighted by Crippen LogP contribution is 2.24. The molecule has 1 amide bonds. The van der Waals surface area contributed by atoms with Gasteiger partial charge in [0, 0.05) is 47.5 Å². The molecule has 7 heteroatoms. The first-order chi connectivity index (χ1) is 15.4. The van der Waals surface area contributed by atoms with Gasteiger partial charge < -0.3 is 5.32 Å². The molecular weight excluding hydrogens is 440 g/mol. The van der Waals surface area contributed by atoms with Crippen molar-refractivity contribution in [3.05, 3.63) is 81.1 Å². The van der Waals surface area contributed by atoms with Gasteiger partial charge in [0.25, 0.3) is 5.91 Å². The van der Waals surface area contributed by atoms with Crippen molar-refractivity contribution in [3.63, 3.8) is 0 Å². The minimum absolute atomic E-state index is 0.125. The summed E-state index contributed by atoms with van der Waals surface area (Å²) in [7, 11) is 0. The summed E-state index contributed by atoms with van der Waals surface area (Å²) in [6.07, 6.45) is 0. The molecule has 168 valence electrons. The van der Waals surface area contributed by atoms with Crippen molar-refractivity contribution >= 4 is 35.0 Å². The molecule has 4 rings (SSSR count). The van der Waals surface area contributed by atoms with Crippen LogP contribution in [0.3, 0.4) is 0 Å². The van der Waals surface area contributed by atoms with Crippen LogP contribution in [0.25, 0.3) is 0 Å². The van der Waals surface area contributed by atoms with Crippen LogP contribution >= 0.6 is 23.4 Å². The highest BCUT2D eigenvalue weighted by Gasteiger charge is 2.20. The molecule has 0 bridgehead atoms. The Balaban J connectivity index is 1.52. The van der Waals surface area contributed by atoms with Gasteiger partial charge in [0.15, 0.2) is 0 Å². The van der Waals surface area contributed by atoms with Crippen molar-refractivity contribution in [3.8, 4) is 0 Å². The number of benzene rings is 2. The van der Waals surface area contributed by atoms with Crippen LogP contribution in [-0.2, 0) is 13.1 Å². The lowest BCUT2D eigenvalue weighted by atomic mass is 10.1. The molecule has 3 aromatic rings. The molecule has 0 aliphatic carbocycles. The molecule has 0 spiro atoms. The highest BCUT2D eigenvalue weighted by molar-refractivity contribution is 7.99. The number of anilines is 1. The molecule has 32 heavy (non-hydrogen) atoms. The van der Waals surface area contributed by atoms with Gasteiger partial charge in [0.05, 0.1) is 17.8 Å². The third-order valence-corrected chi connectivity index (χ3v) is 7.39. The predicted octanol–water partition coefficient (Wildman–Crippen LogP) is 5.31. The Morgan fingerprint density at radius 1 is 1.03 bits per heavy atom. The third-order valence-electron chi connectivity index (χ3n) is 6.08. The molecule has 0 atom stereocenters. The molecule has 5 nitrogen and oxygen atoms in total. The second kappa shape index (κ2) is 10.1. The van der Waals surface area contributed by atoms with E-state index < -0.39 is 0 Å². The van der Waals surface area contributed by atoms with Crippen LogP contribution in [0.1, 0.15) is 38.4 Å². The first-order valence-electron chi connectivity index (χ1n) is 10.9. The quantitative estimate of drug-likeness (QED) is 0.532. The van der Waals surface area contributed by atoms with Gasteiger partial charge in [-0.05, 0) is 49.6 Å². The molecule has 0 saturated carbocycles. The van der Waals surface area contributed by atoms with E-state index >= 15 is 0 Å². The number of carbonyl (C=O) groups excluding carboxylic acids is 1. The van der Waals surface area contributed by atoms with E-state index in [9.17, 15) is 4.79 Å². The maximum Gasteiger partial charge on any atom is 0.259 e. The molecule has 1 aromatic heterocycles. The summed E-state index contributed by atoms with van der Waals surface area (Å²) in [5.41, 5.74) is 6.39. The van der Waals surface area contributed by atoms with Gasteiger partial charge in [-0.15, -0.1) is 0 Å². The van der Waals surface area contributed by atoms with Crippen LogP contribution < -0.4 is 5.32 Å². The minimum Gasteiger partial charge on any atom is -0.322 e. The zero-order valence-electron chi connectivity index (χ0n) is 18.8. The predicted molar refractivity (Wildman–Crippen MR) is 134 cm³/mol. The number of rotatable bonds is 6. The Morgan fingerprint density at radius 3 is 2.50 bits per heavy atom. The van der Waals surface area contributed by atoms with E-state index in [2.05, 4.69) is 28.3 Å². The molecule has 1 fully saturated rings. The molecule has 0 radical (unpaired) electrons. The molecule has 0 unspecified atom stereocenters. The molecule has 1 aliphatic heterocycles. The van der Waals surface area contributed by atoms with E-state index in [0.717, 1.165) is 42.1 Å². The fraction of sp³-hybridized carbons (Fsp3) is 0.360. The topological polar surface area (TPSA) is 50.2 Å². The van der Waals surface area contributed by atoms with Gasteiger partial charge in [-0.2, -0.15) is 16.9 Å². The normalized spacial score (nSPS) is 14.5. The minimum atomic E-state index is -0.125. The van der Waals surface area contributed by atoms with Crippen molar-refractivity contribution in [2.45, 2.75) is 33.9 Å². The first kappa shape index (κ1) is 22.9. The van der Waals surface area contributed by atoms with Crippen molar-refractivity contribution in [2.75, 3.05) is 29.9 Å². The van der Waals surface area contributed by atoms with Crippen molar-refractivity contribution in [1.82, 2.24) is 14.7 Å². The van der Waals surface area contributed by atoms with Gasteiger partial charge >= 0.3 is 0 Å². The number of hydrogen-bond donors (Lipinski definition) is 1. The van der Waals surface area contributed by atoms with Gasteiger partial charge in [0.2, 0.25) is 0 Å². The van der Waals surface area contributed by atoms with Gasteiger partial charge in [-0.25, -0.2) is 0 Å². The summed E-state index contributed by atoms with van der Waals surface area (Å²) < 4.78 is 1.85. The fourth-order valence-electron chi connectivity index (χ4n) is 4.14. The summed E-state index contributed by atoms with van der Waals surface area (Å²) >= 11 is 8.33. The Hall–Kier alpha value is -2.28. The van der Waals surface area contributed by atoms with Crippen LogP contribution in [-0.4, -0.2) is 45.2 Å². The molecule has 1 N–H and O–H groups in total. The van der Waals surface area contributed by atoms with E-state index in [1.165, 1.54) is 17.1 Å². The Labute approximate surface area is 199 Å². The SMILES string of the molecule is Cc1nn(Cc2ccccc2Cl)c(C)c1C(=O)Nc1cccc(CN2CCSCC2)c1C. The molecule has 2 aromatic carbocycles. The average Bonchev–Trinajstić information content (AvgIpc) is 3.06. The average molecular weight is 469 g/mol. The van der Waals surface area contributed by atoms with Crippen LogP contribution in [0.2, 0.25) is 5.02 Å². The largest absolute Gasteiger partial charge is 0.322 e. The summed E-state index contributed by atoms with van der Waals surface area (Å²) in [6, 6.07) is 13.9. The van der Waals surface area contributed by atoms with Crippen LogP contribution in [0.4, 0.5) is 5.69 Å². The number of nitrogens with one attached hydrogen (secondary N) is 1. The number of nitrogens with zero attached hydrogens (tertiary/aromatic N) is 3. The zero-order valence-corrected chi connectivity index (χ0v) is 20.4. The van der Waals surface area contributed by atoms with Crippen molar-refractivity contribution in [2.24, 2.45) is 0 Å². The number of hydrogen-bond acceptors (Lipinski definition) is 4. The van der Waals surface area contributed by atoms with Gasteiger partial charge in [-0.3, -0.25) is 14.4 Å². The lowest BCUT2D eigenvalue weighted by Crippen LogP contribution is -2.32. The fourth-order valence-corrected chi connectivity index (χ4v) is 5.32. The Kier molecular flexibility index (Phi) is 7.23. The number of aryl methyl sites for hydroxylation is 1. The summed E-state index contributed by atoms with van der Waals surface area (Å²) in [5, 5.41) is 8.45. The standard InChI is InChI=1S/C25H29ClN4OS/c1-17-20(15-29-11-13-32-14-12-29)8-6-10-23(17)27-25(31)24-18(2)28-30(19(24)3)16-21-7-4-5-9-22(21)26/h4-10H,11-16H2,1-3H3,(H,27,31). The molecular formula is C25H29ClN4OS. The molecule has 2 heterocycles. The van der Waals surface area contributed by atoms with Crippen LogP contribution in [0.15, 0.2) is 42.5 Å². The van der Waals surface area contributed by atoms with E-state index in [1.807, 2.05) is 66.7 Å². The summed E-state index contributed by atoms with van der Waals surface area (Å²) in [6.45, 7) is 9.58. The Bertz CT molecular complexity index is 1120. The lowest BCUT2D eigenvalue weighted by molar-refractivity contribution is 0.102. The van der Waals surface area contributed by atoms with E-state index in [4.69, 9.17) is 11.6 Å². The molecule has 1 aliphatic rings. The van der Waals surface area contributed by atoms with E-state index in [1.54, 1.807) is 0 Å². The van der Waals surface area contributed by atoms with Gasteiger partial charge in [-0.1, -0.05) is 41.9 Å². The number of amides is 1. The van der Waals surface area contributed by atoms with Crippen LogP contribution in [0.5, 0.6) is 0 Å². The van der Waals surface area contributed by atoms with Crippen molar-refractivity contribution in [1.29, 1.82) is 0 Å². The number of aromatic nitrogens is 2. The zero-order chi connectivity index (χ0) is 22.7. The van der Waals surface area contributed by atoms with E-state index in [0.29, 0.717) is 22.8 Å². The monoisotopic (exact) mass is 468 g/mol. The highest BCUT2D eigenvalue weighted by atomic mass is 35.5. The maximum atomic E-state index is 13.2. The first-order valence-corrected chi connectivity index (χ1v) is 12.4. The number of halogens is 1. The number of carbonyl (C=O) groups is 1. The second-order valence-corrected chi connectivity index (χ2v) is 9.86. The van der Waals surface area contributed by atoms with Crippen molar-refractivity contribution < 1.29 is 4.79 Å². The van der Waals surface area contributed by atoms with Crippen LogP contribution in [0, 0.1) is 20.8 Å². The second-order valence-electron chi connectivity index (χ2n) is 8.23. The number of thioether (sulfide) groups is 1.